The molecule has 0 saturated heterocycles. The van der Waals surface area contributed by atoms with E-state index in [1.54, 1.807) is 31.4 Å². The molecule has 1 heterocycles. The Morgan fingerprint density at radius 1 is 1.32 bits per heavy atom. The number of carbonyl (C=O) groups excluding carboxylic acids is 1. The molecule has 3 rings (SSSR count). The van der Waals surface area contributed by atoms with Gasteiger partial charge in [0.2, 0.25) is 0 Å². The third-order valence-electron chi connectivity index (χ3n) is 4.66. The number of urea groups is 1. The van der Waals surface area contributed by atoms with E-state index < -0.39 is 17.9 Å². The molecule has 0 bridgehead atoms. The van der Waals surface area contributed by atoms with Crippen molar-refractivity contribution in [3.05, 3.63) is 69.4 Å². The fourth-order valence-corrected chi connectivity index (χ4v) is 3.16. The van der Waals surface area contributed by atoms with Crippen LogP contribution in [0.1, 0.15) is 18.5 Å². The smallest absolute Gasteiger partial charge is 0.322 e. The molecule has 0 spiro atoms. The van der Waals surface area contributed by atoms with E-state index in [2.05, 4.69) is 10.3 Å². The molecule has 0 aliphatic rings. The Kier molecular flexibility index (Phi) is 5.56. The molecule has 0 saturated carbocycles. The van der Waals surface area contributed by atoms with E-state index in [9.17, 15) is 14.0 Å². The maximum Gasteiger partial charge on any atom is 0.322 e. The number of nitrogens with zero attached hydrogens (tertiary/aromatic N) is 1. The molecule has 28 heavy (non-hydrogen) atoms. The topological polar surface area (TPSA) is 74.4 Å². The van der Waals surface area contributed by atoms with Crippen LogP contribution < -0.4 is 15.6 Å². The highest BCUT2D eigenvalue weighted by Crippen LogP contribution is 2.32. The lowest BCUT2D eigenvalue weighted by Gasteiger charge is -2.27. The summed E-state index contributed by atoms with van der Waals surface area (Å²) in [6.07, 6.45) is 1.58. The van der Waals surface area contributed by atoms with Crippen LogP contribution in [0, 0.1) is 5.82 Å². The van der Waals surface area contributed by atoms with Gasteiger partial charge in [0.25, 0.3) is 5.56 Å². The number of pyridine rings is 1. The molecule has 1 atom stereocenters. The van der Waals surface area contributed by atoms with Crippen molar-refractivity contribution in [3.8, 4) is 5.75 Å². The second-order valence-electron chi connectivity index (χ2n) is 6.30. The van der Waals surface area contributed by atoms with Gasteiger partial charge in [-0.15, -0.1) is 0 Å². The summed E-state index contributed by atoms with van der Waals surface area (Å²) < 4.78 is 18.7. The minimum absolute atomic E-state index is 0.0788. The van der Waals surface area contributed by atoms with Gasteiger partial charge in [-0.25, -0.2) is 9.18 Å². The van der Waals surface area contributed by atoms with Crippen molar-refractivity contribution in [2.24, 2.45) is 0 Å². The van der Waals surface area contributed by atoms with E-state index in [4.69, 9.17) is 16.3 Å². The van der Waals surface area contributed by atoms with E-state index >= 15 is 0 Å². The standard InChI is InChI=1S/C20H19ClFN3O3/c1-11(25(2)20(27)24-12-7-8-16(22)15(21)9-12)14-10-23-19(26)13-5-4-6-17(28-3)18(13)14/h4-11H,1-3H3,(H,23,26)(H,24,27)/t11-/m1/s1. The van der Waals surface area contributed by atoms with Gasteiger partial charge in [0.15, 0.2) is 0 Å². The highest BCUT2D eigenvalue weighted by Gasteiger charge is 2.22. The number of amides is 2. The van der Waals surface area contributed by atoms with E-state index in [1.807, 2.05) is 6.92 Å². The minimum Gasteiger partial charge on any atom is -0.496 e. The molecular formula is C20H19ClFN3O3. The number of carbonyl (C=O) groups is 1. The zero-order valence-electron chi connectivity index (χ0n) is 15.5. The number of halogens is 2. The average molecular weight is 404 g/mol. The van der Waals surface area contributed by atoms with Crippen molar-refractivity contribution in [2.75, 3.05) is 19.5 Å². The van der Waals surface area contributed by atoms with Gasteiger partial charge < -0.3 is 19.9 Å². The number of aromatic amines is 1. The first kappa shape index (κ1) is 19.7. The molecule has 0 aliphatic heterocycles. The molecule has 1 aromatic heterocycles. The second kappa shape index (κ2) is 7.90. The summed E-state index contributed by atoms with van der Waals surface area (Å²) >= 11 is 5.76. The number of fused-ring (bicyclic) bond motifs is 1. The monoisotopic (exact) mass is 403 g/mol. The number of aromatic nitrogens is 1. The number of nitrogens with one attached hydrogen (secondary N) is 2. The number of methoxy groups -OCH3 is 1. The zero-order chi connectivity index (χ0) is 20.4. The highest BCUT2D eigenvalue weighted by atomic mass is 35.5. The quantitative estimate of drug-likeness (QED) is 0.670. The molecule has 0 fully saturated rings. The van der Waals surface area contributed by atoms with Crippen molar-refractivity contribution in [1.82, 2.24) is 9.88 Å². The van der Waals surface area contributed by atoms with Crippen LogP contribution in [0.4, 0.5) is 14.9 Å². The van der Waals surface area contributed by atoms with E-state index in [0.29, 0.717) is 22.2 Å². The fraction of sp³-hybridized carbons (Fsp3) is 0.200. The Bertz CT molecular complexity index is 1100. The SMILES string of the molecule is COc1cccc2c(=O)[nH]cc([C@@H](C)N(C)C(=O)Nc3ccc(F)c(Cl)c3)c12. The molecule has 3 aromatic rings. The van der Waals surface area contributed by atoms with Gasteiger partial charge in [0, 0.05) is 29.9 Å². The van der Waals surface area contributed by atoms with E-state index in [-0.39, 0.29) is 10.6 Å². The van der Waals surface area contributed by atoms with Crippen LogP contribution in [0.5, 0.6) is 5.75 Å². The highest BCUT2D eigenvalue weighted by molar-refractivity contribution is 6.31. The third-order valence-corrected chi connectivity index (χ3v) is 4.95. The maximum atomic E-state index is 13.3. The minimum atomic E-state index is -0.562. The molecule has 0 radical (unpaired) electrons. The van der Waals surface area contributed by atoms with Gasteiger partial charge in [-0.05, 0) is 37.3 Å². The summed E-state index contributed by atoms with van der Waals surface area (Å²) in [5.41, 5.74) is 0.860. The summed E-state index contributed by atoms with van der Waals surface area (Å²) in [5, 5.41) is 3.72. The number of hydrogen-bond donors (Lipinski definition) is 2. The van der Waals surface area contributed by atoms with Crippen molar-refractivity contribution >= 4 is 34.1 Å². The Hall–Kier alpha value is -3.06. The van der Waals surface area contributed by atoms with E-state index in [1.165, 1.54) is 30.2 Å². The predicted octanol–water partition coefficient (Wildman–Crippen LogP) is 4.55. The molecule has 2 amide bonds. The maximum absolute atomic E-state index is 13.3. The summed E-state index contributed by atoms with van der Waals surface area (Å²) in [6, 6.07) is 8.34. The molecule has 8 heteroatoms. The van der Waals surface area contributed by atoms with Crippen LogP contribution in [-0.2, 0) is 0 Å². The van der Waals surface area contributed by atoms with Gasteiger partial charge in [0.05, 0.1) is 23.6 Å². The predicted molar refractivity (Wildman–Crippen MR) is 108 cm³/mol. The van der Waals surface area contributed by atoms with Crippen LogP contribution in [0.25, 0.3) is 10.8 Å². The summed E-state index contributed by atoms with van der Waals surface area (Å²) in [4.78, 5) is 29.0. The van der Waals surface area contributed by atoms with Crippen LogP contribution >= 0.6 is 11.6 Å². The molecule has 2 aromatic carbocycles. The molecule has 0 unspecified atom stereocenters. The number of H-pyrrole nitrogens is 1. The lowest BCUT2D eigenvalue weighted by atomic mass is 10.0. The Labute approximate surface area is 165 Å². The number of ether oxygens (including phenoxy) is 1. The van der Waals surface area contributed by atoms with Crippen molar-refractivity contribution < 1.29 is 13.9 Å². The summed E-state index contributed by atoms with van der Waals surface area (Å²) in [6.45, 7) is 1.83. The van der Waals surface area contributed by atoms with E-state index in [0.717, 1.165) is 5.56 Å². The Balaban J connectivity index is 1.93. The van der Waals surface area contributed by atoms with Gasteiger partial charge in [-0.1, -0.05) is 17.7 Å². The summed E-state index contributed by atoms with van der Waals surface area (Å²) in [5.74, 6) is -0.0160. The largest absolute Gasteiger partial charge is 0.496 e. The number of hydrogen-bond acceptors (Lipinski definition) is 3. The lowest BCUT2D eigenvalue weighted by molar-refractivity contribution is 0.208. The van der Waals surface area contributed by atoms with Crippen molar-refractivity contribution in [1.29, 1.82) is 0 Å². The van der Waals surface area contributed by atoms with Gasteiger partial charge in [0.1, 0.15) is 11.6 Å². The molecular weight excluding hydrogens is 385 g/mol. The molecule has 2 N–H and O–H groups in total. The second-order valence-corrected chi connectivity index (χ2v) is 6.71. The fourth-order valence-electron chi connectivity index (χ4n) is 2.98. The zero-order valence-corrected chi connectivity index (χ0v) is 16.3. The first-order chi connectivity index (χ1) is 13.3. The Morgan fingerprint density at radius 3 is 2.75 bits per heavy atom. The third kappa shape index (κ3) is 3.66. The van der Waals surface area contributed by atoms with Gasteiger partial charge in [-0.3, -0.25) is 4.79 Å². The number of rotatable bonds is 4. The Morgan fingerprint density at radius 2 is 2.07 bits per heavy atom. The first-order valence-electron chi connectivity index (χ1n) is 8.50. The number of anilines is 1. The number of benzene rings is 2. The molecule has 6 nitrogen and oxygen atoms in total. The van der Waals surface area contributed by atoms with Crippen LogP contribution in [0.3, 0.4) is 0 Å². The van der Waals surface area contributed by atoms with Gasteiger partial charge in [-0.2, -0.15) is 0 Å². The van der Waals surface area contributed by atoms with Crippen molar-refractivity contribution in [2.45, 2.75) is 13.0 Å². The summed E-state index contributed by atoms with van der Waals surface area (Å²) in [7, 11) is 3.15. The first-order valence-corrected chi connectivity index (χ1v) is 8.88. The van der Waals surface area contributed by atoms with Crippen molar-refractivity contribution in [3.63, 3.8) is 0 Å². The normalized spacial score (nSPS) is 11.9. The molecule has 0 aliphatic carbocycles. The van der Waals surface area contributed by atoms with Gasteiger partial charge >= 0.3 is 6.03 Å². The average Bonchev–Trinajstić information content (AvgIpc) is 2.69. The molecule has 146 valence electrons. The van der Waals surface area contributed by atoms with Crippen LogP contribution in [0.15, 0.2) is 47.4 Å². The lowest BCUT2D eigenvalue weighted by Crippen LogP contribution is -2.34. The van der Waals surface area contributed by atoms with Crippen LogP contribution in [-0.4, -0.2) is 30.1 Å². The van der Waals surface area contributed by atoms with Crippen LogP contribution in [0.2, 0.25) is 5.02 Å².